The number of carbonyl (C=O) groups is 1. The average Bonchev–Trinajstić information content (AvgIpc) is 3.10. The lowest BCUT2D eigenvalue weighted by Crippen LogP contribution is -2.03. The Bertz CT molecular complexity index is 1130. The number of rotatable bonds is 6. The van der Waals surface area contributed by atoms with E-state index in [-0.39, 0.29) is 0 Å². The van der Waals surface area contributed by atoms with Crippen molar-refractivity contribution in [1.82, 2.24) is 9.55 Å². The lowest BCUT2D eigenvalue weighted by molar-refractivity contribution is -0.131. The van der Waals surface area contributed by atoms with Gasteiger partial charge in [0.1, 0.15) is 5.82 Å². The second-order valence-corrected chi connectivity index (χ2v) is 6.60. The minimum absolute atomic E-state index is 0.834. The average molecular weight is 368 g/mol. The number of hydrogen-bond donors (Lipinski definition) is 1. The van der Waals surface area contributed by atoms with Gasteiger partial charge in [-0.3, -0.25) is 0 Å². The van der Waals surface area contributed by atoms with Crippen molar-refractivity contribution in [2.75, 3.05) is 0 Å². The number of benzene rings is 3. The molecule has 1 aromatic heterocycles. The maximum atomic E-state index is 10.7. The van der Waals surface area contributed by atoms with Gasteiger partial charge in [0, 0.05) is 18.2 Å². The van der Waals surface area contributed by atoms with E-state index in [1.54, 1.807) is 6.08 Å². The Balaban J connectivity index is 1.69. The zero-order valence-electron chi connectivity index (χ0n) is 15.3. The minimum Gasteiger partial charge on any atom is -0.478 e. The molecule has 0 radical (unpaired) electrons. The molecule has 3 aromatic carbocycles. The van der Waals surface area contributed by atoms with Gasteiger partial charge in [0.15, 0.2) is 0 Å². The summed E-state index contributed by atoms with van der Waals surface area (Å²) in [6, 6.07) is 26.4. The second-order valence-electron chi connectivity index (χ2n) is 6.60. The third-order valence-electron chi connectivity index (χ3n) is 4.71. The maximum absolute atomic E-state index is 10.7. The van der Waals surface area contributed by atoms with Gasteiger partial charge in [-0.2, -0.15) is 0 Å². The van der Waals surface area contributed by atoms with Crippen LogP contribution in [-0.2, 0) is 17.8 Å². The Hall–Kier alpha value is -3.66. The summed E-state index contributed by atoms with van der Waals surface area (Å²) in [5, 5.41) is 8.78. The molecule has 0 aliphatic heterocycles. The predicted molar refractivity (Wildman–Crippen MR) is 112 cm³/mol. The summed E-state index contributed by atoms with van der Waals surface area (Å²) < 4.78 is 2.25. The first kappa shape index (κ1) is 17.7. The van der Waals surface area contributed by atoms with Crippen LogP contribution in [0.2, 0.25) is 0 Å². The molecule has 4 rings (SSSR count). The van der Waals surface area contributed by atoms with Crippen molar-refractivity contribution in [3.8, 4) is 11.4 Å². The number of para-hydroxylation sites is 2. The number of nitrogens with zero attached hydrogens (tertiary/aromatic N) is 2. The summed E-state index contributed by atoms with van der Waals surface area (Å²) in [6.07, 6.45) is 3.65. The molecule has 0 fully saturated rings. The van der Waals surface area contributed by atoms with Crippen LogP contribution in [0.3, 0.4) is 0 Å². The predicted octanol–water partition coefficient (Wildman–Crippen LogP) is 5.04. The molecule has 0 amide bonds. The lowest BCUT2D eigenvalue weighted by Gasteiger charge is -2.10. The number of imidazole rings is 1. The van der Waals surface area contributed by atoms with Gasteiger partial charge in [-0.25, -0.2) is 9.78 Å². The van der Waals surface area contributed by atoms with E-state index in [2.05, 4.69) is 34.9 Å². The smallest absolute Gasteiger partial charge is 0.328 e. The van der Waals surface area contributed by atoms with Gasteiger partial charge in [-0.05, 0) is 35.8 Å². The van der Waals surface area contributed by atoms with E-state index in [0.29, 0.717) is 0 Å². The Morgan fingerprint density at radius 2 is 1.64 bits per heavy atom. The Kier molecular flexibility index (Phi) is 5.02. The van der Waals surface area contributed by atoms with Gasteiger partial charge in [-0.1, -0.05) is 66.7 Å². The number of aromatic nitrogens is 2. The molecule has 0 unspecified atom stereocenters. The Morgan fingerprint density at radius 3 is 2.39 bits per heavy atom. The highest BCUT2D eigenvalue weighted by Gasteiger charge is 2.12. The number of carboxylic acid groups (broad SMARTS) is 1. The highest BCUT2D eigenvalue weighted by Crippen LogP contribution is 2.26. The first-order chi connectivity index (χ1) is 13.7. The molecule has 4 heteroatoms. The van der Waals surface area contributed by atoms with Crippen molar-refractivity contribution in [2.45, 2.75) is 13.0 Å². The summed E-state index contributed by atoms with van der Waals surface area (Å²) >= 11 is 0. The van der Waals surface area contributed by atoms with Gasteiger partial charge in [-0.15, -0.1) is 0 Å². The summed E-state index contributed by atoms with van der Waals surface area (Å²) in [5.41, 5.74) is 5.24. The highest BCUT2D eigenvalue weighted by atomic mass is 16.4. The van der Waals surface area contributed by atoms with E-state index in [1.165, 1.54) is 5.56 Å². The molecule has 0 atom stereocenters. The molecule has 0 aliphatic rings. The van der Waals surface area contributed by atoms with Crippen LogP contribution in [0, 0.1) is 0 Å². The van der Waals surface area contributed by atoms with Crippen LogP contribution in [0.4, 0.5) is 0 Å². The first-order valence-corrected chi connectivity index (χ1v) is 9.21. The van der Waals surface area contributed by atoms with Gasteiger partial charge in [0.2, 0.25) is 0 Å². The molecule has 0 bridgehead atoms. The summed E-state index contributed by atoms with van der Waals surface area (Å²) in [7, 11) is 0. The van der Waals surface area contributed by atoms with Crippen LogP contribution >= 0.6 is 0 Å². The quantitative estimate of drug-likeness (QED) is 0.485. The van der Waals surface area contributed by atoms with E-state index in [0.717, 1.165) is 47.0 Å². The summed E-state index contributed by atoms with van der Waals surface area (Å²) in [4.78, 5) is 15.5. The van der Waals surface area contributed by atoms with Crippen LogP contribution in [0.1, 0.15) is 11.1 Å². The Labute approximate surface area is 163 Å². The van der Waals surface area contributed by atoms with Crippen LogP contribution in [0.15, 0.2) is 84.9 Å². The van der Waals surface area contributed by atoms with Crippen LogP contribution in [-0.4, -0.2) is 20.6 Å². The first-order valence-electron chi connectivity index (χ1n) is 9.21. The molecule has 4 aromatic rings. The lowest BCUT2D eigenvalue weighted by atomic mass is 10.1. The third kappa shape index (κ3) is 3.86. The molecule has 0 aliphatic carbocycles. The number of hydrogen-bond acceptors (Lipinski definition) is 2. The summed E-state index contributed by atoms with van der Waals surface area (Å²) in [5.74, 6) is -0.0299. The molecule has 0 spiro atoms. The van der Waals surface area contributed by atoms with Gasteiger partial charge >= 0.3 is 5.97 Å². The summed E-state index contributed by atoms with van der Waals surface area (Å²) in [6.45, 7) is 0.834. The number of aryl methyl sites for hydroxylation is 2. The SMILES string of the molecule is O=C(O)C=Cc1ccc(-c2nc3ccccc3n2CCc2ccccc2)cc1. The van der Waals surface area contributed by atoms with Gasteiger partial charge in [0.05, 0.1) is 11.0 Å². The maximum Gasteiger partial charge on any atom is 0.328 e. The van der Waals surface area contributed by atoms with Crippen molar-refractivity contribution in [3.05, 3.63) is 96.1 Å². The van der Waals surface area contributed by atoms with Crippen molar-refractivity contribution >= 4 is 23.1 Å². The van der Waals surface area contributed by atoms with E-state index in [1.807, 2.05) is 48.5 Å². The molecule has 0 saturated carbocycles. The van der Waals surface area contributed by atoms with Crippen molar-refractivity contribution in [1.29, 1.82) is 0 Å². The fraction of sp³-hybridized carbons (Fsp3) is 0.0833. The standard InChI is InChI=1S/C24H20N2O2/c27-23(28)15-12-19-10-13-20(14-11-19)24-25-21-8-4-5-9-22(21)26(24)17-16-18-6-2-1-3-7-18/h1-15H,16-17H2,(H,27,28). The molecular weight excluding hydrogens is 348 g/mol. The van der Waals surface area contributed by atoms with E-state index in [4.69, 9.17) is 10.1 Å². The van der Waals surface area contributed by atoms with Crippen LogP contribution < -0.4 is 0 Å². The highest BCUT2D eigenvalue weighted by molar-refractivity contribution is 5.85. The normalized spacial score (nSPS) is 11.3. The second kappa shape index (κ2) is 7.92. The van der Waals surface area contributed by atoms with Gasteiger partial charge in [0.25, 0.3) is 0 Å². The van der Waals surface area contributed by atoms with Crippen LogP contribution in [0.5, 0.6) is 0 Å². The zero-order chi connectivity index (χ0) is 19.3. The molecule has 1 N–H and O–H groups in total. The van der Waals surface area contributed by atoms with Crippen LogP contribution in [0.25, 0.3) is 28.5 Å². The van der Waals surface area contributed by atoms with Crippen molar-refractivity contribution in [3.63, 3.8) is 0 Å². The van der Waals surface area contributed by atoms with Crippen molar-refractivity contribution in [2.24, 2.45) is 0 Å². The molecule has 28 heavy (non-hydrogen) atoms. The topological polar surface area (TPSA) is 55.1 Å². The molecule has 0 saturated heterocycles. The number of carboxylic acids is 1. The zero-order valence-corrected chi connectivity index (χ0v) is 15.3. The molecular formula is C24H20N2O2. The van der Waals surface area contributed by atoms with E-state index in [9.17, 15) is 4.79 Å². The molecule has 138 valence electrons. The third-order valence-corrected chi connectivity index (χ3v) is 4.71. The number of aliphatic carboxylic acids is 1. The Morgan fingerprint density at radius 1 is 0.929 bits per heavy atom. The van der Waals surface area contributed by atoms with Crippen molar-refractivity contribution < 1.29 is 9.90 Å². The molecule has 4 nitrogen and oxygen atoms in total. The van der Waals surface area contributed by atoms with Gasteiger partial charge < -0.3 is 9.67 Å². The monoisotopic (exact) mass is 368 g/mol. The number of fused-ring (bicyclic) bond motifs is 1. The largest absolute Gasteiger partial charge is 0.478 e. The fourth-order valence-electron chi connectivity index (χ4n) is 3.32. The van der Waals surface area contributed by atoms with E-state index < -0.39 is 5.97 Å². The minimum atomic E-state index is -0.952. The van der Waals surface area contributed by atoms with E-state index >= 15 is 0 Å². The molecule has 1 heterocycles. The fourth-order valence-corrected chi connectivity index (χ4v) is 3.32.